The maximum atomic E-state index is 12.0. The molecule has 1 amide bonds. The van der Waals surface area contributed by atoms with Crippen molar-refractivity contribution in [1.29, 1.82) is 0 Å². The number of carbonyl (C=O) groups excluding carboxylic acids is 1. The minimum Gasteiger partial charge on any atom is -0.367 e. The van der Waals surface area contributed by atoms with Crippen molar-refractivity contribution < 1.29 is 17.9 Å². The summed E-state index contributed by atoms with van der Waals surface area (Å²) in [5.74, 6) is 1.11. The fourth-order valence-corrected chi connectivity index (χ4v) is 6.32. The van der Waals surface area contributed by atoms with Gasteiger partial charge in [-0.2, -0.15) is 4.31 Å². The molecular formula is C14H24N2O4S2. The number of hydrogen-bond acceptors (Lipinski definition) is 5. The summed E-state index contributed by atoms with van der Waals surface area (Å²) in [5, 5.41) is 0. The number of thioether (sulfide) groups is 1. The Morgan fingerprint density at radius 3 is 2.64 bits per heavy atom. The molecule has 3 rings (SSSR count). The summed E-state index contributed by atoms with van der Waals surface area (Å²) in [6.45, 7) is 4.74. The van der Waals surface area contributed by atoms with Gasteiger partial charge >= 0.3 is 0 Å². The molecule has 0 aromatic heterocycles. The fraction of sp³-hybridized carbons (Fsp3) is 0.929. The van der Waals surface area contributed by atoms with Crippen LogP contribution in [0.4, 0.5) is 0 Å². The lowest BCUT2D eigenvalue weighted by Crippen LogP contribution is -2.60. The molecular weight excluding hydrogens is 324 g/mol. The number of sulfonamides is 1. The summed E-state index contributed by atoms with van der Waals surface area (Å²) >= 11 is 1.80. The van der Waals surface area contributed by atoms with Crippen molar-refractivity contribution >= 4 is 27.7 Å². The third-order valence-corrected chi connectivity index (χ3v) is 8.11. The van der Waals surface area contributed by atoms with Gasteiger partial charge in [0.1, 0.15) is 6.61 Å². The van der Waals surface area contributed by atoms with Gasteiger partial charge in [-0.05, 0) is 26.2 Å². The average Bonchev–Trinajstić information content (AvgIpc) is 3.12. The molecule has 0 aromatic rings. The van der Waals surface area contributed by atoms with Gasteiger partial charge in [0.25, 0.3) is 0 Å². The van der Waals surface area contributed by atoms with Crippen LogP contribution in [0.15, 0.2) is 0 Å². The van der Waals surface area contributed by atoms with Crippen LogP contribution in [-0.2, 0) is 19.6 Å². The Balaban J connectivity index is 1.43. The molecule has 3 heterocycles. The van der Waals surface area contributed by atoms with Crippen LogP contribution in [0.1, 0.15) is 26.2 Å². The number of likely N-dealkylation sites (tertiary alicyclic amines) is 1. The fourth-order valence-electron chi connectivity index (χ4n) is 3.35. The van der Waals surface area contributed by atoms with Crippen molar-refractivity contribution in [2.45, 2.75) is 37.0 Å². The highest BCUT2D eigenvalue weighted by Gasteiger charge is 2.52. The van der Waals surface area contributed by atoms with E-state index in [1.807, 2.05) is 4.90 Å². The van der Waals surface area contributed by atoms with E-state index in [2.05, 4.69) is 0 Å². The first-order chi connectivity index (χ1) is 10.4. The molecule has 22 heavy (non-hydrogen) atoms. The SMILES string of the molecule is CCS(=O)(=O)N1CC2(C[C@H](OCC(=O)N3CCCC3)CS2)C1. The summed E-state index contributed by atoms with van der Waals surface area (Å²) < 4.78 is 31.0. The van der Waals surface area contributed by atoms with Crippen molar-refractivity contribution in [3.8, 4) is 0 Å². The quantitative estimate of drug-likeness (QED) is 0.725. The second-order valence-corrected chi connectivity index (χ2v) is 10.1. The van der Waals surface area contributed by atoms with Crippen molar-refractivity contribution in [2.24, 2.45) is 0 Å². The first-order valence-electron chi connectivity index (χ1n) is 7.95. The lowest BCUT2D eigenvalue weighted by molar-refractivity contribution is -0.136. The summed E-state index contributed by atoms with van der Waals surface area (Å²) in [6, 6.07) is 0. The smallest absolute Gasteiger partial charge is 0.248 e. The number of ether oxygens (including phenoxy) is 1. The van der Waals surface area contributed by atoms with Gasteiger partial charge in [0.2, 0.25) is 15.9 Å². The molecule has 1 atom stereocenters. The molecule has 3 fully saturated rings. The predicted octanol–water partition coefficient (Wildman–Crippen LogP) is 0.535. The molecule has 126 valence electrons. The van der Waals surface area contributed by atoms with E-state index in [9.17, 15) is 13.2 Å². The van der Waals surface area contributed by atoms with Crippen molar-refractivity contribution in [3.63, 3.8) is 0 Å². The third-order valence-electron chi connectivity index (χ3n) is 4.76. The van der Waals surface area contributed by atoms with Crippen LogP contribution in [0.3, 0.4) is 0 Å². The summed E-state index contributed by atoms with van der Waals surface area (Å²) in [4.78, 5) is 13.8. The highest BCUT2D eigenvalue weighted by atomic mass is 32.2. The Hall–Kier alpha value is -0.310. The second kappa shape index (κ2) is 6.30. The predicted molar refractivity (Wildman–Crippen MR) is 86.4 cm³/mol. The molecule has 0 N–H and O–H groups in total. The number of nitrogens with zero attached hydrogens (tertiary/aromatic N) is 2. The monoisotopic (exact) mass is 348 g/mol. The van der Waals surface area contributed by atoms with Gasteiger partial charge in [-0.15, -0.1) is 11.8 Å². The largest absolute Gasteiger partial charge is 0.367 e. The third kappa shape index (κ3) is 3.29. The highest BCUT2D eigenvalue weighted by molar-refractivity contribution is 8.01. The molecule has 3 aliphatic rings. The zero-order valence-corrected chi connectivity index (χ0v) is 14.6. The molecule has 0 radical (unpaired) electrons. The van der Waals surface area contributed by atoms with Gasteiger partial charge in [-0.3, -0.25) is 4.79 Å². The first-order valence-corrected chi connectivity index (χ1v) is 10.5. The molecule has 6 nitrogen and oxygen atoms in total. The van der Waals surface area contributed by atoms with Crippen LogP contribution >= 0.6 is 11.8 Å². The van der Waals surface area contributed by atoms with Gasteiger partial charge in [-0.25, -0.2) is 8.42 Å². The Bertz CT molecular complexity index is 525. The van der Waals surface area contributed by atoms with E-state index in [0.29, 0.717) is 13.1 Å². The van der Waals surface area contributed by atoms with E-state index in [0.717, 1.165) is 38.1 Å². The summed E-state index contributed by atoms with van der Waals surface area (Å²) in [5.41, 5.74) is 0. The molecule has 0 aliphatic carbocycles. The van der Waals surface area contributed by atoms with E-state index in [1.165, 1.54) is 0 Å². The Morgan fingerprint density at radius 1 is 1.32 bits per heavy atom. The second-order valence-electron chi connectivity index (χ2n) is 6.39. The number of carbonyl (C=O) groups is 1. The normalized spacial score (nSPS) is 28.2. The van der Waals surface area contributed by atoms with Gasteiger partial charge < -0.3 is 9.64 Å². The van der Waals surface area contributed by atoms with Crippen molar-refractivity contribution in [1.82, 2.24) is 9.21 Å². The van der Waals surface area contributed by atoms with Crippen LogP contribution < -0.4 is 0 Å². The number of hydrogen-bond donors (Lipinski definition) is 0. The van der Waals surface area contributed by atoms with Crippen LogP contribution in [-0.4, -0.2) is 78.7 Å². The molecule has 3 saturated heterocycles. The molecule has 0 bridgehead atoms. The lowest BCUT2D eigenvalue weighted by Gasteiger charge is -2.46. The average molecular weight is 348 g/mol. The first kappa shape index (κ1) is 16.5. The summed E-state index contributed by atoms with van der Waals surface area (Å²) in [6.07, 6.45) is 3.11. The Kier molecular flexibility index (Phi) is 4.74. The van der Waals surface area contributed by atoms with E-state index >= 15 is 0 Å². The molecule has 0 aromatic carbocycles. The Morgan fingerprint density at radius 2 is 2.00 bits per heavy atom. The molecule has 0 unspecified atom stereocenters. The van der Waals surface area contributed by atoms with Crippen LogP contribution in [0, 0.1) is 0 Å². The van der Waals surface area contributed by atoms with Crippen molar-refractivity contribution in [3.05, 3.63) is 0 Å². The van der Waals surface area contributed by atoms with Gasteiger partial charge in [-0.1, -0.05) is 0 Å². The topological polar surface area (TPSA) is 66.9 Å². The van der Waals surface area contributed by atoms with Crippen LogP contribution in [0.2, 0.25) is 0 Å². The summed E-state index contributed by atoms with van der Waals surface area (Å²) in [7, 11) is -3.06. The van der Waals surface area contributed by atoms with Crippen molar-refractivity contribution in [2.75, 3.05) is 44.3 Å². The van der Waals surface area contributed by atoms with E-state index in [-0.39, 0.29) is 29.1 Å². The molecule has 8 heteroatoms. The molecule has 1 spiro atoms. The standard InChI is InChI=1S/C14H24N2O4S2/c1-2-22(18,19)16-10-14(11-16)7-12(9-21-14)20-8-13(17)15-5-3-4-6-15/h12H,2-11H2,1H3/t12-/m0/s1. The minimum atomic E-state index is -3.06. The highest BCUT2D eigenvalue weighted by Crippen LogP contribution is 2.46. The maximum absolute atomic E-state index is 12.0. The Labute approximate surface area is 136 Å². The van der Waals surface area contributed by atoms with Crippen LogP contribution in [0.5, 0.6) is 0 Å². The van der Waals surface area contributed by atoms with E-state index < -0.39 is 10.0 Å². The van der Waals surface area contributed by atoms with Gasteiger partial charge in [0.15, 0.2) is 0 Å². The lowest BCUT2D eigenvalue weighted by atomic mass is 9.95. The van der Waals surface area contributed by atoms with E-state index in [1.54, 1.807) is 23.0 Å². The van der Waals surface area contributed by atoms with Crippen LogP contribution in [0.25, 0.3) is 0 Å². The number of rotatable bonds is 5. The molecule has 3 aliphatic heterocycles. The zero-order valence-electron chi connectivity index (χ0n) is 13.0. The zero-order chi connectivity index (χ0) is 15.8. The van der Waals surface area contributed by atoms with Gasteiger partial charge in [0.05, 0.1) is 11.9 Å². The minimum absolute atomic E-state index is 0.0175. The van der Waals surface area contributed by atoms with Gasteiger partial charge in [0, 0.05) is 36.7 Å². The maximum Gasteiger partial charge on any atom is 0.248 e. The van der Waals surface area contributed by atoms with E-state index in [4.69, 9.17) is 4.74 Å². The molecule has 0 saturated carbocycles. The number of amides is 1.